The molecular weight excluding hydrogens is 383 g/mol. The first-order valence-electron chi connectivity index (χ1n) is 12.0. The molecular formula is C28H37FN2. The fourth-order valence-electron chi connectivity index (χ4n) is 5.49. The van der Waals surface area contributed by atoms with E-state index in [0.717, 1.165) is 44.2 Å². The Morgan fingerprint density at radius 3 is 2.26 bits per heavy atom. The summed E-state index contributed by atoms with van der Waals surface area (Å²) < 4.78 is 13.6. The standard InChI is InChI=1S/C28H37FN2/c1-4-27(31(22(2)3)20-23-10-6-5-7-11-23)18-19-28(21-30,24-12-8-9-13-24)25-14-16-26(29)17-15-25/h5-7,10-11,14-17,22,24,27H,4,8-9,12-13,18-20H2,1-3H3. The van der Waals surface area contributed by atoms with Crippen molar-refractivity contribution < 1.29 is 4.39 Å². The van der Waals surface area contributed by atoms with Crippen LogP contribution in [0.3, 0.4) is 0 Å². The van der Waals surface area contributed by atoms with E-state index in [1.54, 1.807) is 0 Å². The predicted octanol–water partition coefficient (Wildman–Crippen LogP) is 7.25. The molecule has 2 aromatic rings. The van der Waals surface area contributed by atoms with Gasteiger partial charge in [0.15, 0.2) is 0 Å². The number of hydrogen-bond acceptors (Lipinski definition) is 2. The van der Waals surface area contributed by atoms with Crippen molar-refractivity contribution in [2.45, 2.75) is 89.8 Å². The van der Waals surface area contributed by atoms with Crippen LogP contribution in [0.5, 0.6) is 0 Å². The Morgan fingerprint density at radius 2 is 1.71 bits per heavy atom. The predicted molar refractivity (Wildman–Crippen MR) is 126 cm³/mol. The van der Waals surface area contributed by atoms with Crippen LogP contribution in [0.15, 0.2) is 54.6 Å². The highest BCUT2D eigenvalue weighted by molar-refractivity contribution is 5.34. The second-order valence-corrected chi connectivity index (χ2v) is 9.42. The van der Waals surface area contributed by atoms with Crippen molar-refractivity contribution in [2.24, 2.45) is 5.92 Å². The maximum atomic E-state index is 13.6. The van der Waals surface area contributed by atoms with Crippen LogP contribution in [0.2, 0.25) is 0 Å². The summed E-state index contributed by atoms with van der Waals surface area (Å²) in [4.78, 5) is 2.58. The summed E-state index contributed by atoms with van der Waals surface area (Å²) in [7, 11) is 0. The van der Waals surface area contributed by atoms with Crippen LogP contribution in [0.4, 0.5) is 4.39 Å². The molecule has 31 heavy (non-hydrogen) atoms. The molecule has 2 nitrogen and oxygen atoms in total. The summed E-state index contributed by atoms with van der Waals surface area (Å²) in [5.41, 5.74) is 1.81. The third-order valence-corrected chi connectivity index (χ3v) is 7.29. The Morgan fingerprint density at radius 1 is 1.06 bits per heavy atom. The molecule has 0 spiro atoms. The molecule has 0 N–H and O–H groups in total. The molecule has 0 amide bonds. The summed E-state index contributed by atoms with van der Waals surface area (Å²) in [5, 5.41) is 10.5. The molecule has 0 saturated heterocycles. The zero-order valence-electron chi connectivity index (χ0n) is 19.4. The first-order chi connectivity index (χ1) is 15.0. The van der Waals surface area contributed by atoms with Gasteiger partial charge in [0.1, 0.15) is 5.82 Å². The van der Waals surface area contributed by atoms with Crippen LogP contribution in [0, 0.1) is 23.1 Å². The van der Waals surface area contributed by atoms with Gasteiger partial charge in [-0.3, -0.25) is 4.90 Å². The Labute approximate surface area is 188 Å². The van der Waals surface area contributed by atoms with Crippen LogP contribution in [0.25, 0.3) is 0 Å². The first kappa shape index (κ1) is 23.5. The highest BCUT2D eigenvalue weighted by Crippen LogP contribution is 2.45. The summed E-state index contributed by atoms with van der Waals surface area (Å²) in [6, 6.07) is 21.0. The molecule has 0 heterocycles. The van der Waals surface area contributed by atoms with E-state index in [2.05, 4.69) is 62.1 Å². The van der Waals surface area contributed by atoms with E-state index < -0.39 is 5.41 Å². The third-order valence-electron chi connectivity index (χ3n) is 7.29. The zero-order valence-corrected chi connectivity index (χ0v) is 19.4. The van der Waals surface area contributed by atoms with Crippen molar-refractivity contribution in [1.82, 2.24) is 4.90 Å². The van der Waals surface area contributed by atoms with Crippen molar-refractivity contribution in [3.63, 3.8) is 0 Å². The number of halogens is 1. The average molecular weight is 421 g/mol. The van der Waals surface area contributed by atoms with E-state index in [1.165, 1.54) is 30.5 Å². The normalized spacial score (nSPS) is 17.6. The molecule has 3 rings (SSSR count). The van der Waals surface area contributed by atoms with E-state index in [4.69, 9.17) is 0 Å². The van der Waals surface area contributed by atoms with Crippen LogP contribution >= 0.6 is 0 Å². The summed E-state index contributed by atoms with van der Waals surface area (Å²) in [6.07, 6.45) is 7.44. The number of rotatable bonds is 10. The Kier molecular flexibility index (Phi) is 8.27. The minimum atomic E-state index is -0.521. The van der Waals surface area contributed by atoms with E-state index in [0.29, 0.717) is 18.0 Å². The lowest BCUT2D eigenvalue weighted by Crippen LogP contribution is -2.41. The van der Waals surface area contributed by atoms with Gasteiger partial charge < -0.3 is 0 Å². The van der Waals surface area contributed by atoms with Gasteiger partial charge in [0.2, 0.25) is 0 Å². The van der Waals surface area contributed by atoms with Gasteiger partial charge in [-0.1, -0.05) is 62.2 Å². The molecule has 166 valence electrons. The molecule has 1 aliphatic carbocycles. The van der Waals surface area contributed by atoms with Crippen LogP contribution in [-0.4, -0.2) is 17.0 Å². The minimum Gasteiger partial charge on any atom is -0.294 e. The van der Waals surface area contributed by atoms with Crippen LogP contribution in [-0.2, 0) is 12.0 Å². The lowest BCUT2D eigenvalue weighted by molar-refractivity contribution is 0.122. The van der Waals surface area contributed by atoms with Gasteiger partial charge in [0.05, 0.1) is 11.5 Å². The topological polar surface area (TPSA) is 27.0 Å². The number of benzene rings is 2. The molecule has 0 radical (unpaired) electrons. The molecule has 0 bridgehead atoms. The molecule has 2 atom stereocenters. The van der Waals surface area contributed by atoms with Gasteiger partial charge in [-0.2, -0.15) is 5.26 Å². The van der Waals surface area contributed by atoms with E-state index in [1.807, 2.05) is 12.1 Å². The highest BCUT2D eigenvalue weighted by Gasteiger charge is 2.42. The Hall–Kier alpha value is -2.18. The van der Waals surface area contributed by atoms with Gasteiger partial charge in [0.25, 0.3) is 0 Å². The lowest BCUT2D eigenvalue weighted by atomic mass is 9.67. The van der Waals surface area contributed by atoms with Crippen molar-refractivity contribution >= 4 is 0 Å². The summed E-state index contributed by atoms with van der Waals surface area (Å²) >= 11 is 0. The maximum absolute atomic E-state index is 13.6. The molecule has 0 aromatic heterocycles. The second-order valence-electron chi connectivity index (χ2n) is 9.42. The van der Waals surface area contributed by atoms with Crippen molar-refractivity contribution in [2.75, 3.05) is 0 Å². The van der Waals surface area contributed by atoms with E-state index >= 15 is 0 Å². The SMILES string of the molecule is CCC(CCC(C#N)(c1ccc(F)cc1)C1CCCC1)N(Cc1ccccc1)C(C)C. The van der Waals surface area contributed by atoms with Gasteiger partial charge >= 0.3 is 0 Å². The van der Waals surface area contributed by atoms with Gasteiger partial charge in [-0.05, 0) is 75.1 Å². The van der Waals surface area contributed by atoms with Crippen LogP contribution in [0.1, 0.15) is 76.8 Å². The van der Waals surface area contributed by atoms with Crippen molar-refractivity contribution in [1.29, 1.82) is 5.26 Å². The van der Waals surface area contributed by atoms with Crippen molar-refractivity contribution in [3.8, 4) is 6.07 Å². The maximum Gasteiger partial charge on any atom is 0.123 e. The van der Waals surface area contributed by atoms with Gasteiger partial charge in [-0.25, -0.2) is 4.39 Å². The fraction of sp³-hybridized carbons (Fsp3) is 0.536. The highest BCUT2D eigenvalue weighted by atomic mass is 19.1. The second kappa shape index (κ2) is 10.9. The molecule has 1 saturated carbocycles. The van der Waals surface area contributed by atoms with Gasteiger partial charge in [-0.15, -0.1) is 0 Å². The first-order valence-corrected chi connectivity index (χ1v) is 12.0. The largest absolute Gasteiger partial charge is 0.294 e. The van der Waals surface area contributed by atoms with Crippen LogP contribution < -0.4 is 0 Å². The molecule has 0 aliphatic heterocycles. The smallest absolute Gasteiger partial charge is 0.123 e. The molecule has 2 aromatic carbocycles. The number of nitriles is 1. The third kappa shape index (κ3) is 5.55. The van der Waals surface area contributed by atoms with Gasteiger partial charge in [0, 0.05) is 18.6 Å². The number of hydrogen-bond donors (Lipinski definition) is 0. The van der Waals surface area contributed by atoms with Crippen molar-refractivity contribution in [3.05, 3.63) is 71.5 Å². The summed E-state index contributed by atoms with van der Waals surface area (Å²) in [6.45, 7) is 7.71. The Bertz CT molecular complexity index is 834. The average Bonchev–Trinajstić information content (AvgIpc) is 3.33. The Balaban J connectivity index is 1.84. The zero-order chi connectivity index (χ0) is 22.3. The quantitative estimate of drug-likeness (QED) is 0.405. The lowest BCUT2D eigenvalue weighted by Gasteiger charge is -2.39. The minimum absolute atomic E-state index is 0.234. The van der Waals surface area contributed by atoms with E-state index in [-0.39, 0.29) is 5.82 Å². The molecule has 2 unspecified atom stereocenters. The summed E-state index contributed by atoms with van der Waals surface area (Å²) in [5.74, 6) is 0.129. The van der Waals surface area contributed by atoms with E-state index in [9.17, 15) is 9.65 Å². The monoisotopic (exact) mass is 420 g/mol. The molecule has 1 fully saturated rings. The number of nitrogens with zero attached hydrogens (tertiary/aromatic N) is 2. The fourth-order valence-corrected chi connectivity index (χ4v) is 5.49. The molecule has 3 heteroatoms. The molecule has 1 aliphatic rings.